The monoisotopic (exact) mass is 225 g/mol. The van der Waals surface area contributed by atoms with Gasteiger partial charge in [-0.15, -0.1) is 16.7 Å². The van der Waals surface area contributed by atoms with E-state index in [1.54, 1.807) is 18.6 Å². The molecule has 2 rings (SSSR count). The largest absolute Gasteiger partial charge is 0.408 e. The zero-order valence-corrected chi connectivity index (χ0v) is 8.48. The number of halogens is 1. The van der Waals surface area contributed by atoms with Gasteiger partial charge in [-0.25, -0.2) is 4.98 Å². The van der Waals surface area contributed by atoms with Crippen LogP contribution in [0.2, 0.25) is 0 Å². The average molecular weight is 226 g/mol. The Bertz CT molecular complexity index is 418. The molecule has 0 saturated heterocycles. The van der Waals surface area contributed by atoms with Gasteiger partial charge in [0.25, 0.3) is 0 Å². The molecule has 0 aliphatic rings. The molecule has 2 aromatic heterocycles. The molecule has 0 aromatic carbocycles. The second-order valence-electron chi connectivity index (χ2n) is 2.66. The van der Waals surface area contributed by atoms with Gasteiger partial charge in [0.15, 0.2) is 5.82 Å². The maximum absolute atomic E-state index is 5.53. The van der Waals surface area contributed by atoms with Crippen molar-refractivity contribution in [2.75, 3.05) is 11.2 Å². The van der Waals surface area contributed by atoms with Gasteiger partial charge in [0, 0.05) is 24.7 Å². The summed E-state index contributed by atoms with van der Waals surface area (Å²) in [5.74, 6) is 1.50. The molecule has 0 amide bonds. The fourth-order valence-corrected chi connectivity index (χ4v) is 1.12. The highest BCUT2D eigenvalue weighted by atomic mass is 35.5. The van der Waals surface area contributed by atoms with E-state index in [9.17, 15) is 0 Å². The normalized spacial score (nSPS) is 10.2. The molecule has 2 heterocycles. The highest BCUT2D eigenvalue weighted by molar-refractivity contribution is 6.17. The minimum Gasteiger partial charge on any atom is -0.408 e. The van der Waals surface area contributed by atoms with Crippen molar-refractivity contribution < 1.29 is 4.42 Å². The number of anilines is 2. The average Bonchev–Trinajstić information content (AvgIpc) is 2.68. The molecule has 6 nitrogen and oxygen atoms in total. The Morgan fingerprint density at radius 3 is 3.00 bits per heavy atom. The first-order valence-electron chi connectivity index (χ1n) is 4.30. The highest BCUT2D eigenvalue weighted by Gasteiger charge is 2.05. The van der Waals surface area contributed by atoms with Crippen LogP contribution in [0.4, 0.5) is 11.8 Å². The van der Waals surface area contributed by atoms with Crippen molar-refractivity contribution in [1.29, 1.82) is 0 Å². The van der Waals surface area contributed by atoms with Gasteiger partial charge in [-0.1, -0.05) is 5.10 Å². The van der Waals surface area contributed by atoms with Crippen LogP contribution in [0, 0.1) is 0 Å². The molecule has 78 valence electrons. The van der Waals surface area contributed by atoms with E-state index in [-0.39, 0.29) is 6.01 Å². The number of aryl methyl sites for hydroxylation is 1. The summed E-state index contributed by atoms with van der Waals surface area (Å²) >= 11 is 5.53. The van der Waals surface area contributed by atoms with Crippen molar-refractivity contribution in [2.45, 2.75) is 6.42 Å². The smallest absolute Gasteiger partial charge is 0.321 e. The lowest BCUT2D eigenvalue weighted by atomic mass is 10.5. The molecule has 0 radical (unpaired) electrons. The van der Waals surface area contributed by atoms with Crippen molar-refractivity contribution in [3.8, 4) is 0 Å². The van der Waals surface area contributed by atoms with Crippen LogP contribution in [0.1, 0.15) is 5.89 Å². The van der Waals surface area contributed by atoms with Crippen LogP contribution in [0.25, 0.3) is 0 Å². The summed E-state index contributed by atoms with van der Waals surface area (Å²) in [5.41, 5.74) is 0. The first-order valence-corrected chi connectivity index (χ1v) is 4.83. The predicted molar refractivity (Wildman–Crippen MR) is 54.0 cm³/mol. The molecule has 0 unspecified atom stereocenters. The topological polar surface area (TPSA) is 76.7 Å². The fraction of sp³-hybridized carbons (Fsp3) is 0.250. The highest BCUT2D eigenvalue weighted by Crippen LogP contribution is 2.11. The Labute approximate surface area is 90.7 Å². The third kappa shape index (κ3) is 2.63. The van der Waals surface area contributed by atoms with E-state index in [1.165, 1.54) is 0 Å². The van der Waals surface area contributed by atoms with Crippen LogP contribution in [0.5, 0.6) is 0 Å². The third-order valence-corrected chi connectivity index (χ3v) is 1.76. The summed E-state index contributed by atoms with van der Waals surface area (Å²) in [5, 5.41) is 10.4. The molecule has 0 aliphatic carbocycles. The first-order chi connectivity index (χ1) is 7.38. The number of alkyl halides is 1. The van der Waals surface area contributed by atoms with E-state index in [4.69, 9.17) is 16.0 Å². The van der Waals surface area contributed by atoms with Crippen molar-refractivity contribution in [1.82, 2.24) is 20.2 Å². The fourth-order valence-electron chi connectivity index (χ4n) is 0.959. The SMILES string of the molecule is ClCCc1nnc(Nc2cnccn2)o1. The van der Waals surface area contributed by atoms with Gasteiger partial charge in [0.05, 0.1) is 6.20 Å². The maximum atomic E-state index is 5.53. The van der Waals surface area contributed by atoms with Crippen LogP contribution in [-0.4, -0.2) is 26.0 Å². The molecule has 0 atom stereocenters. The number of hydrogen-bond acceptors (Lipinski definition) is 6. The number of nitrogens with zero attached hydrogens (tertiary/aromatic N) is 4. The number of hydrogen-bond donors (Lipinski definition) is 1. The van der Waals surface area contributed by atoms with Crippen LogP contribution >= 0.6 is 11.6 Å². The van der Waals surface area contributed by atoms with E-state index in [2.05, 4.69) is 25.5 Å². The van der Waals surface area contributed by atoms with Gasteiger partial charge in [0.2, 0.25) is 5.89 Å². The zero-order valence-electron chi connectivity index (χ0n) is 7.72. The summed E-state index contributed by atoms with van der Waals surface area (Å²) in [6.07, 6.45) is 5.26. The summed E-state index contributed by atoms with van der Waals surface area (Å²) in [4.78, 5) is 7.89. The summed E-state index contributed by atoms with van der Waals surface area (Å²) in [6, 6.07) is 0.288. The van der Waals surface area contributed by atoms with Gasteiger partial charge in [-0.05, 0) is 0 Å². The Morgan fingerprint density at radius 2 is 2.27 bits per heavy atom. The Kier molecular flexibility index (Phi) is 3.08. The Morgan fingerprint density at radius 1 is 1.33 bits per heavy atom. The van der Waals surface area contributed by atoms with Crippen molar-refractivity contribution in [2.24, 2.45) is 0 Å². The lowest BCUT2D eigenvalue weighted by molar-refractivity contribution is 0.516. The van der Waals surface area contributed by atoms with Crippen LogP contribution in [0.3, 0.4) is 0 Å². The minimum absolute atomic E-state index is 0.288. The minimum atomic E-state index is 0.288. The van der Waals surface area contributed by atoms with Gasteiger partial charge in [0.1, 0.15) is 0 Å². The van der Waals surface area contributed by atoms with Crippen LogP contribution < -0.4 is 5.32 Å². The molecule has 0 saturated carbocycles. The Balaban J connectivity index is 2.05. The standard InChI is InChI=1S/C8H8ClN5O/c9-2-1-7-13-14-8(15-7)12-6-5-10-3-4-11-6/h3-5H,1-2H2,(H,11,12,14). The van der Waals surface area contributed by atoms with Crippen molar-refractivity contribution in [3.05, 3.63) is 24.5 Å². The molecule has 0 spiro atoms. The molecule has 2 aromatic rings. The molecule has 15 heavy (non-hydrogen) atoms. The quantitative estimate of drug-likeness (QED) is 0.793. The number of aromatic nitrogens is 4. The summed E-state index contributed by atoms with van der Waals surface area (Å²) in [7, 11) is 0. The van der Waals surface area contributed by atoms with E-state index in [1.807, 2.05) is 0 Å². The van der Waals surface area contributed by atoms with Gasteiger partial charge in [-0.3, -0.25) is 10.3 Å². The predicted octanol–water partition coefficient (Wildman–Crippen LogP) is 1.38. The second-order valence-corrected chi connectivity index (χ2v) is 3.03. The molecular weight excluding hydrogens is 218 g/mol. The first kappa shape index (κ1) is 9.85. The van der Waals surface area contributed by atoms with E-state index in [0.717, 1.165) is 0 Å². The number of nitrogens with one attached hydrogen (secondary N) is 1. The van der Waals surface area contributed by atoms with E-state index >= 15 is 0 Å². The van der Waals surface area contributed by atoms with Gasteiger partial charge in [-0.2, -0.15) is 0 Å². The lowest BCUT2D eigenvalue weighted by Crippen LogP contribution is -1.93. The molecule has 7 heteroatoms. The van der Waals surface area contributed by atoms with E-state index < -0.39 is 0 Å². The zero-order chi connectivity index (χ0) is 10.5. The third-order valence-electron chi connectivity index (χ3n) is 1.57. The molecule has 0 fully saturated rings. The molecule has 0 bridgehead atoms. The summed E-state index contributed by atoms with van der Waals surface area (Å²) < 4.78 is 5.24. The second kappa shape index (κ2) is 4.70. The maximum Gasteiger partial charge on any atom is 0.321 e. The van der Waals surface area contributed by atoms with Gasteiger partial charge < -0.3 is 4.42 Å². The van der Waals surface area contributed by atoms with Crippen molar-refractivity contribution in [3.63, 3.8) is 0 Å². The van der Waals surface area contributed by atoms with Crippen LogP contribution in [-0.2, 0) is 6.42 Å². The molecule has 0 aliphatic heterocycles. The summed E-state index contributed by atoms with van der Waals surface area (Å²) in [6.45, 7) is 0. The molecule has 1 N–H and O–H groups in total. The van der Waals surface area contributed by atoms with Crippen LogP contribution in [0.15, 0.2) is 23.0 Å². The molecular formula is C8H8ClN5O. The lowest BCUT2D eigenvalue weighted by Gasteiger charge is -1.96. The van der Waals surface area contributed by atoms with Crippen molar-refractivity contribution >= 4 is 23.4 Å². The number of rotatable bonds is 4. The Hall–Kier alpha value is -1.69. The van der Waals surface area contributed by atoms with E-state index in [0.29, 0.717) is 24.0 Å². The van der Waals surface area contributed by atoms with Gasteiger partial charge >= 0.3 is 6.01 Å².